The van der Waals surface area contributed by atoms with Crippen molar-refractivity contribution in [1.29, 1.82) is 0 Å². The highest BCUT2D eigenvalue weighted by atomic mass is 35.5. The monoisotopic (exact) mass is 441 g/mol. The SMILES string of the molecule is CC(C)C(NC(=O)CSc1nnnn1-c1cccc(Cl)c1)c1nc2ccccc2[nH]1. The molecule has 1 amide bonds. The van der Waals surface area contributed by atoms with Gasteiger partial charge in [0.1, 0.15) is 5.82 Å². The van der Waals surface area contributed by atoms with Gasteiger partial charge in [-0.2, -0.15) is 4.68 Å². The molecule has 1 atom stereocenters. The molecular formula is C20H20ClN7OS. The maximum atomic E-state index is 12.7. The third kappa shape index (κ3) is 4.47. The van der Waals surface area contributed by atoms with Crippen molar-refractivity contribution in [2.24, 2.45) is 5.92 Å². The van der Waals surface area contributed by atoms with Crippen molar-refractivity contribution in [1.82, 2.24) is 35.5 Å². The first kappa shape index (κ1) is 20.4. The molecule has 0 saturated heterocycles. The van der Waals surface area contributed by atoms with Gasteiger partial charge in [0.05, 0.1) is 28.5 Å². The number of benzene rings is 2. The van der Waals surface area contributed by atoms with Gasteiger partial charge in [-0.1, -0.05) is 55.4 Å². The largest absolute Gasteiger partial charge is 0.345 e. The van der Waals surface area contributed by atoms with E-state index in [1.165, 1.54) is 11.8 Å². The van der Waals surface area contributed by atoms with Crippen LogP contribution in [0, 0.1) is 5.92 Å². The van der Waals surface area contributed by atoms with E-state index in [2.05, 4.69) is 30.8 Å². The standard InChI is InChI=1S/C20H20ClN7OS/c1-12(2)18(19-22-15-8-3-4-9-16(15)23-19)24-17(29)11-30-20-25-26-27-28(20)14-7-5-6-13(21)10-14/h3-10,12,18H,11H2,1-2H3,(H,22,23)(H,24,29). The van der Waals surface area contributed by atoms with Gasteiger partial charge in [-0.15, -0.1) is 5.10 Å². The summed E-state index contributed by atoms with van der Waals surface area (Å²) in [4.78, 5) is 20.6. The molecule has 0 saturated carbocycles. The summed E-state index contributed by atoms with van der Waals surface area (Å²) in [5, 5.41) is 15.9. The number of aromatic nitrogens is 6. The number of nitrogens with zero attached hydrogens (tertiary/aromatic N) is 5. The second-order valence-electron chi connectivity index (χ2n) is 7.07. The van der Waals surface area contributed by atoms with E-state index < -0.39 is 0 Å². The molecule has 0 fully saturated rings. The van der Waals surface area contributed by atoms with Gasteiger partial charge in [0.25, 0.3) is 0 Å². The third-order valence-corrected chi connectivity index (χ3v) is 5.67. The first-order valence-corrected chi connectivity index (χ1v) is 10.8. The molecule has 2 aromatic heterocycles. The van der Waals surface area contributed by atoms with E-state index in [0.717, 1.165) is 22.5 Å². The fourth-order valence-corrected chi connectivity index (χ4v) is 3.94. The Kier molecular flexibility index (Phi) is 6.01. The molecule has 0 radical (unpaired) electrons. The van der Waals surface area contributed by atoms with E-state index in [-0.39, 0.29) is 23.6 Å². The number of fused-ring (bicyclic) bond motifs is 1. The first-order chi connectivity index (χ1) is 14.5. The number of tetrazole rings is 1. The Labute approximate surface area is 182 Å². The van der Waals surface area contributed by atoms with Gasteiger partial charge in [-0.25, -0.2) is 4.98 Å². The van der Waals surface area contributed by atoms with Crippen molar-refractivity contribution < 1.29 is 4.79 Å². The molecule has 8 nitrogen and oxygen atoms in total. The van der Waals surface area contributed by atoms with Crippen LogP contribution in [-0.2, 0) is 4.79 Å². The van der Waals surface area contributed by atoms with Gasteiger partial charge in [0.15, 0.2) is 0 Å². The van der Waals surface area contributed by atoms with Crippen LogP contribution in [0.3, 0.4) is 0 Å². The van der Waals surface area contributed by atoms with Crippen molar-refractivity contribution in [2.75, 3.05) is 5.75 Å². The van der Waals surface area contributed by atoms with Gasteiger partial charge in [0, 0.05) is 5.02 Å². The quantitative estimate of drug-likeness (QED) is 0.423. The Morgan fingerprint density at radius 3 is 2.83 bits per heavy atom. The number of hydrogen-bond acceptors (Lipinski definition) is 6. The van der Waals surface area contributed by atoms with E-state index in [1.54, 1.807) is 16.8 Å². The Hall–Kier alpha value is -2.91. The highest BCUT2D eigenvalue weighted by molar-refractivity contribution is 7.99. The smallest absolute Gasteiger partial charge is 0.231 e. The topological polar surface area (TPSA) is 101 Å². The van der Waals surface area contributed by atoms with E-state index in [9.17, 15) is 4.79 Å². The number of rotatable bonds is 7. The fourth-order valence-electron chi connectivity index (χ4n) is 3.05. The summed E-state index contributed by atoms with van der Waals surface area (Å²) >= 11 is 7.31. The second kappa shape index (κ2) is 8.85. The molecule has 154 valence electrons. The van der Waals surface area contributed by atoms with Gasteiger partial charge in [-0.05, 0) is 46.7 Å². The van der Waals surface area contributed by atoms with Crippen molar-refractivity contribution in [3.8, 4) is 5.69 Å². The minimum absolute atomic E-state index is 0.125. The molecule has 0 spiro atoms. The van der Waals surface area contributed by atoms with Gasteiger partial charge < -0.3 is 10.3 Å². The summed E-state index contributed by atoms with van der Waals surface area (Å²) in [6.45, 7) is 4.09. The summed E-state index contributed by atoms with van der Waals surface area (Å²) in [6.07, 6.45) is 0. The van der Waals surface area contributed by atoms with Crippen molar-refractivity contribution in [3.05, 3.63) is 59.4 Å². The molecule has 4 rings (SSSR count). The number of imidazole rings is 1. The molecule has 0 aliphatic heterocycles. The number of halogens is 1. The molecule has 2 heterocycles. The lowest BCUT2D eigenvalue weighted by Crippen LogP contribution is -2.33. The van der Waals surface area contributed by atoms with E-state index in [1.807, 2.05) is 50.2 Å². The minimum atomic E-state index is -0.227. The number of amides is 1. The molecule has 0 aliphatic carbocycles. The summed E-state index contributed by atoms with van der Waals surface area (Å²) in [6, 6.07) is 14.8. The van der Waals surface area contributed by atoms with E-state index in [0.29, 0.717) is 10.2 Å². The van der Waals surface area contributed by atoms with E-state index in [4.69, 9.17) is 11.6 Å². The van der Waals surface area contributed by atoms with Crippen LogP contribution in [0.5, 0.6) is 0 Å². The summed E-state index contributed by atoms with van der Waals surface area (Å²) in [7, 11) is 0. The van der Waals surface area contributed by atoms with Gasteiger partial charge in [0.2, 0.25) is 11.1 Å². The zero-order chi connectivity index (χ0) is 21.1. The average molecular weight is 442 g/mol. The highest BCUT2D eigenvalue weighted by Crippen LogP contribution is 2.24. The van der Waals surface area contributed by atoms with Crippen LogP contribution in [0.25, 0.3) is 16.7 Å². The Bertz CT molecular complexity index is 1140. The molecule has 1 unspecified atom stereocenters. The second-order valence-corrected chi connectivity index (χ2v) is 8.45. The van der Waals surface area contributed by atoms with Crippen LogP contribution in [0.2, 0.25) is 5.02 Å². The molecule has 30 heavy (non-hydrogen) atoms. The highest BCUT2D eigenvalue weighted by Gasteiger charge is 2.22. The zero-order valence-corrected chi connectivity index (χ0v) is 18.0. The van der Waals surface area contributed by atoms with Crippen LogP contribution in [0.4, 0.5) is 0 Å². The Morgan fingerprint density at radius 2 is 2.07 bits per heavy atom. The maximum absolute atomic E-state index is 12.7. The third-order valence-electron chi connectivity index (χ3n) is 4.51. The van der Waals surface area contributed by atoms with Gasteiger partial charge in [-0.3, -0.25) is 4.79 Å². The number of nitrogens with one attached hydrogen (secondary N) is 2. The molecule has 0 aliphatic rings. The average Bonchev–Trinajstić information content (AvgIpc) is 3.36. The lowest BCUT2D eigenvalue weighted by molar-refractivity contribution is -0.119. The van der Waals surface area contributed by atoms with Crippen molar-refractivity contribution in [3.63, 3.8) is 0 Å². The van der Waals surface area contributed by atoms with Crippen LogP contribution < -0.4 is 5.32 Å². The predicted octanol–water partition coefficient (Wildman–Crippen LogP) is 3.80. The molecule has 10 heteroatoms. The van der Waals surface area contributed by atoms with Crippen LogP contribution >= 0.6 is 23.4 Å². The number of para-hydroxylation sites is 2. The summed E-state index contributed by atoms with van der Waals surface area (Å²) in [5.74, 6) is 0.953. The lowest BCUT2D eigenvalue weighted by atomic mass is 10.0. The number of hydrogen-bond donors (Lipinski definition) is 2. The van der Waals surface area contributed by atoms with E-state index >= 15 is 0 Å². The number of thioether (sulfide) groups is 1. The van der Waals surface area contributed by atoms with Crippen LogP contribution in [0.1, 0.15) is 25.7 Å². The van der Waals surface area contributed by atoms with Crippen molar-refractivity contribution in [2.45, 2.75) is 25.0 Å². The molecule has 2 aromatic carbocycles. The molecule has 0 bridgehead atoms. The Morgan fingerprint density at radius 1 is 1.23 bits per heavy atom. The summed E-state index contributed by atoms with van der Waals surface area (Å²) in [5.41, 5.74) is 2.56. The lowest BCUT2D eigenvalue weighted by Gasteiger charge is -2.20. The first-order valence-electron chi connectivity index (χ1n) is 9.42. The molecule has 4 aromatic rings. The van der Waals surface area contributed by atoms with Crippen LogP contribution in [0.15, 0.2) is 53.7 Å². The predicted molar refractivity (Wildman–Crippen MR) is 117 cm³/mol. The number of carbonyl (C=O) groups is 1. The normalized spacial score (nSPS) is 12.4. The molecular weight excluding hydrogens is 422 g/mol. The number of carbonyl (C=O) groups excluding carboxylic acids is 1. The molecule has 2 N–H and O–H groups in total. The Balaban J connectivity index is 1.44. The number of aromatic amines is 1. The fraction of sp³-hybridized carbons (Fsp3) is 0.250. The van der Waals surface area contributed by atoms with Crippen molar-refractivity contribution >= 4 is 40.3 Å². The minimum Gasteiger partial charge on any atom is -0.345 e. The number of H-pyrrole nitrogens is 1. The maximum Gasteiger partial charge on any atom is 0.231 e. The zero-order valence-electron chi connectivity index (χ0n) is 16.4. The van der Waals surface area contributed by atoms with Gasteiger partial charge >= 0.3 is 0 Å². The summed E-state index contributed by atoms with van der Waals surface area (Å²) < 4.78 is 1.56. The van der Waals surface area contributed by atoms with Crippen LogP contribution in [-0.4, -0.2) is 41.8 Å².